The van der Waals surface area contributed by atoms with Gasteiger partial charge in [-0.05, 0) is 32.8 Å². The lowest BCUT2D eigenvalue weighted by Crippen LogP contribution is -2.60. The molecule has 2 aliphatic rings. The topological polar surface area (TPSA) is 44.7 Å². The van der Waals surface area contributed by atoms with Crippen LogP contribution in [-0.4, -0.2) is 34.9 Å². The fourth-order valence-corrected chi connectivity index (χ4v) is 2.73. The number of rotatable bonds is 2. The van der Waals surface area contributed by atoms with Crippen LogP contribution in [0.2, 0.25) is 0 Å². The number of hydrogen-bond acceptors (Lipinski definition) is 3. The molecule has 0 aromatic heterocycles. The Morgan fingerprint density at radius 2 is 2.05 bits per heavy atom. The summed E-state index contributed by atoms with van der Waals surface area (Å²) in [6.45, 7) is 3.44. The molecule has 122 valence electrons. The molecule has 0 radical (unpaired) electrons. The van der Waals surface area contributed by atoms with E-state index in [9.17, 15) is 18.0 Å². The molecule has 1 amide bonds. The summed E-state index contributed by atoms with van der Waals surface area (Å²) < 4.78 is 38.4. The molecule has 0 saturated carbocycles. The minimum Gasteiger partial charge on any atom is -0.340 e. The van der Waals surface area contributed by atoms with Gasteiger partial charge in [-0.3, -0.25) is 4.79 Å². The van der Waals surface area contributed by atoms with Crippen LogP contribution in [0.1, 0.15) is 33.1 Å². The first kappa shape index (κ1) is 16.9. The Labute approximate surface area is 131 Å². The standard InChI is InChI=1S/C14H17ClF3N3O/c1-8(2)21-10(7-14(16,17)18)13(22)19-9-5-3-4-6-11(15)20-12(9)21/h5-6,8,10H,3-4,7H2,1-2H3,(H,19,22). The third-order valence-electron chi connectivity index (χ3n) is 3.40. The van der Waals surface area contributed by atoms with Crippen molar-refractivity contribution in [3.05, 3.63) is 23.0 Å². The molecule has 1 fully saturated rings. The maximum absolute atomic E-state index is 12.8. The molecular formula is C14H17ClF3N3O. The van der Waals surface area contributed by atoms with E-state index in [1.807, 2.05) is 0 Å². The second-order valence-corrected chi connectivity index (χ2v) is 5.87. The van der Waals surface area contributed by atoms with Crippen molar-refractivity contribution in [1.82, 2.24) is 10.2 Å². The molecule has 1 saturated heterocycles. The van der Waals surface area contributed by atoms with Crippen molar-refractivity contribution in [1.29, 1.82) is 0 Å². The van der Waals surface area contributed by atoms with E-state index in [0.717, 1.165) is 0 Å². The highest BCUT2D eigenvalue weighted by atomic mass is 35.5. The van der Waals surface area contributed by atoms with Crippen molar-refractivity contribution in [2.45, 2.75) is 51.4 Å². The summed E-state index contributed by atoms with van der Waals surface area (Å²) >= 11 is 5.99. The second kappa shape index (κ2) is 6.32. The normalized spacial score (nSPS) is 23.0. The zero-order valence-corrected chi connectivity index (χ0v) is 13.0. The molecular weight excluding hydrogens is 319 g/mol. The summed E-state index contributed by atoms with van der Waals surface area (Å²) in [5.74, 6) is -0.387. The fraction of sp³-hybridized carbons (Fsp3) is 0.571. The van der Waals surface area contributed by atoms with Gasteiger partial charge in [0.05, 0.1) is 12.1 Å². The van der Waals surface area contributed by atoms with E-state index >= 15 is 0 Å². The number of alkyl halides is 3. The van der Waals surface area contributed by atoms with Crippen molar-refractivity contribution in [3.63, 3.8) is 0 Å². The second-order valence-electron chi connectivity index (χ2n) is 5.48. The summed E-state index contributed by atoms with van der Waals surface area (Å²) in [7, 11) is 0. The molecule has 0 spiro atoms. The van der Waals surface area contributed by atoms with Crippen LogP contribution in [0.15, 0.2) is 28.0 Å². The Balaban J connectivity index is 2.47. The van der Waals surface area contributed by atoms with Crippen LogP contribution < -0.4 is 5.32 Å². The van der Waals surface area contributed by atoms with Gasteiger partial charge in [-0.2, -0.15) is 13.2 Å². The molecule has 2 aliphatic heterocycles. The number of piperazine rings is 1. The number of carbonyl (C=O) groups excluding carboxylic acids is 1. The molecule has 0 bridgehead atoms. The molecule has 2 heterocycles. The lowest BCUT2D eigenvalue weighted by molar-refractivity contribution is -0.155. The fourth-order valence-electron chi connectivity index (χ4n) is 2.54. The third-order valence-corrected chi connectivity index (χ3v) is 3.64. The number of halogens is 4. The highest BCUT2D eigenvalue weighted by Crippen LogP contribution is 2.30. The SMILES string of the molecule is CC(C)N1C2=NC(Cl)=CCCC=C2NC(=O)C1CC(F)(F)F. The summed E-state index contributed by atoms with van der Waals surface area (Å²) in [4.78, 5) is 17.7. The lowest BCUT2D eigenvalue weighted by Gasteiger charge is -2.41. The van der Waals surface area contributed by atoms with Crippen LogP contribution in [0.5, 0.6) is 0 Å². The van der Waals surface area contributed by atoms with Crippen LogP contribution in [0.25, 0.3) is 0 Å². The van der Waals surface area contributed by atoms with Crippen molar-refractivity contribution in [2.75, 3.05) is 0 Å². The van der Waals surface area contributed by atoms with Crippen molar-refractivity contribution >= 4 is 23.3 Å². The van der Waals surface area contributed by atoms with E-state index in [4.69, 9.17) is 11.6 Å². The molecule has 0 aliphatic carbocycles. The van der Waals surface area contributed by atoms with Gasteiger partial charge in [0.2, 0.25) is 5.91 Å². The minimum absolute atomic E-state index is 0.216. The average molecular weight is 336 g/mol. The van der Waals surface area contributed by atoms with E-state index < -0.39 is 24.5 Å². The molecule has 1 unspecified atom stereocenters. The Kier molecular flexibility index (Phi) is 4.84. The van der Waals surface area contributed by atoms with Crippen molar-refractivity contribution < 1.29 is 18.0 Å². The largest absolute Gasteiger partial charge is 0.391 e. The van der Waals surface area contributed by atoms with E-state index in [0.29, 0.717) is 18.5 Å². The number of fused-ring (bicyclic) bond motifs is 1. The predicted octanol–water partition coefficient (Wildman–Crippen LogP) is 3.30. The van der Waals surface area contributed by atoms with Gasteiger partial charge in [-0.25, -0.2) is 4.99 Å². The molecule has 22 heavy (non-hydrogen) atoms. The number of nitrogens with zero attached hydrogens (tertiary/aromatic N) is 2. The van der Waals surface area contributed by atoms with Gasteiger partial charge in [0.25, 0.3) is 0 Å². The Bertz CT molecular complexity index is 552. The molecule has 0 aromatic rings. The summed E-state index contributed by atoms with van der Waals surface area (Å²) in [5, 5.41) is 2.74. The maximum atomic E-state index is 12.8. The van der Waals surface area contributed by atoms with E-state index in [1.165, 1.54) is 4.90 Å². The molecule has 4 nitrogen and oxygen atoms in total. The molecule has 8 heteroatoms. The quantitative estimate of drug-likeness (QED) is 0.787. The van der Waals surface area contributed by atoms with Crippen LogP contribution in [0.3, 0.4) is 0 Å². The Morgan fingerprint density at radius 1 is 1.41 bits per heavy atom. The van der Waals surface area contributed by atoms with Gasteiger partial charge >= 0.3 is 6.18 Å². The third kappa shape index (κ3) is 3.82. The minimum atomic E-state index is -4.45. The van der Waals surface area contributed by atoms with Gasteiger partial charge in [-0.15, -0.1) is 0 Å². The first-order valence-corrected chi connectivity index (χ1v) is 7.37. The molecule has 2 rings (SSSR count). The van der Waals surface area contributed by atoms with Gasteiger partial charge in [0.1, 0.15) is 11.2 Å². The summed E-state index contributed by atoms with van der Waals surface area (Å²) in [6, 6.07) is -1.68. The van der Waals surface area contributed by atoms with E-state index in [1.54, 1.807) is 26.0 Å². The Hall–Kier alpha value is -1.50. The van der Waals surface area contributed by atoms with Gasteiger partial charge in [0, 0.05) is 6.04 Å². The highest BCUT2D eigenvalue weighted by molar-refractivity contribution is 6.30. The number of hydrogen-bond donors (Lipinski definition) is 1. The smallest absolute Gasteiger partial charge is 0.340 e. The molecule has 1 N–H and O–H groups in total. The van der Waals surface area contributed by atoms with Crippen molar-refractivity contribution in [3.8, 4) is 0 Å². The average Bonchev–Trinajstić information content (AvgIpc) is 2.35. The van der Waals surface area contributed by atoms with Gasteiger partial charge in [0.15, 0.2) is 5.84 Å². The highest BCUT2D eigenvalue weighted by Gasteiger charge is 2.44. The zero-order chi connectivity index (χ0) is 16.5. The molecule has 1 atom stereocenters. The van der Waals surface area contributed by atoms with E-state index in [2.05, 4.69) is 10.3 Å². The maximum Gasteiger partial charge on any atom is 0.391 e. The predicted molar refractivity (Wildman–Crippen MR) is 78.3 cm³/mol. The van der Waals surface area contributed by atoms with E-state index in [-0.39, 0.29) is 17.0 Å². The first-order chi connectivity index (χ1) is 10.2. The van der Waals surface area contributed by atoms with Crippen LogP contribution in [0, 0.1) is 0 Å². The number of amides is 1. The number of aliphatic imine (C=N–C) groups is 1. The van der Waals surface area contributed by atoms with Gasteiger partial charge in [-0.1, -0.05) is 17.7 Å². The number of amidine groups is 1. The van der Waals surface area contributed by atoms with Crippen LogP contribution >= 0.6 is 11.6 Å². The molecule has 0 aromatic carbocycles. The van der Waals surface area contributed by atoms with Crippen LogP contribution in [0.4, 0.5) is 13.2 Å². The number of allylic oxidation sites excluding steroid dienone is 2. The lowest BCUT2D eigenvalue weighted by atomic mass is 10.0. The van der Waals surface area contributed by atoms with Crippen molar-refractivity contribution in [2.24, 2.45) is 4.99 Å². The monoisotopic (exact) mass is 335 g/mol. The van der Waals surface area contributed by atoms with Crippen LogP contribution in [-0.2, 0) is 4.79 Å². The number of carbonyl (C=O) groups is 1. The summed E-state index contributed by atoms with van der Waals surface area (Å²) in [5.41, 5.74) is 0.420. The summed E-state index contributed by atoms with van der Waals surface area (Å²) in [6.07, 6.45) is -0.933. The Morgan fingerprint density at radius 3 is 2.64 bits per heavy atom. The van der Waals surface area contributed by atoms with Gasteiger partial charge < -0.3 is 10.2 Å². The zero-order valence-electron chi connectivity index (χ0n) is 12.2. The number of nitrogens with one attached hydrogen (secondary N) is 1. The first-order valence-electron chi connectivity index (χ1n) is 7.00.